The van der Waals surface area contributed by atoms with Gasteiger partial charge in [0, 0.05) is 27.7 Å². The van der Waals surface area contributed by atoms with Crippen LogP contribution in [0.15, 0.2) is 144 Å². The first-order valence-electron chi connectivity index (χ1n) is 13.8. The van der Waals surface area contributed by atoms with E-state index in [4.69, 9.17) is 4.42 Å². The summed E-state index contributed by atoms with van der Waals surface area (Å²) in [7, 11) is 0. The van der Waals surface area contributed by atoms with Gasteiger partial charge in [-0.2, -0.15) is 0 Å². The highest BCUT2D eigenvalue weighted by Gasteiger charge is 2.46. The van der Waals surface area contributed by atoms with E-state index in [0.717, 1.165) is 38.9 Å². The van der Waals surface area contributed by atoms with Gasteiger partial charge in [-0.25, -0.2) is 0 Å². The molecule has 0 saturated carbocycles. The average Bonchev–Trinajstić information content (AvgIpc) is 3.39. The van der Waals surface area contributed by atoms with Crippen molar-refractivity contribution in [2.75, 3.05) is 5.32 Å². The fourth-order valence-electron chi connectivity index (χ4n) is 6.77. The third-order valence-electron chi connectivity index (χ3n) is 8.48. The van der Waals surface area contributed by atoms with E-state index in [1.807, 2.05) is 6.07 Å². The van der Waals surface area contributed by atoms with Crippen molar-refractivity contribution < 1.29 is 4.42 Å². The second-order valence-electron chi connectivity index (χ2n) is 10.6. The second-order valence-corrected chi connectivity index (χ2v) is 10.6. The summed E-state index contributed by atoms with van der Waals surface area (Å²) in [5.41, 5.74) is 12.0. The number of benzene rings is 6. The van der Waals surface area contributed by atoms with Gasteiger partial charge in [0.05, 0.1) is 5.41 Å². The lowest BCUT2D eigenvalue weighted by atomic mass is 9.62. The number of fused-ring (bicyclic) bond motifs is 5. The first kappa shape index (κ1) is 22.9. The molecule has 2 heterocycles. The van der Waals surface area contributed by atoms with Gasteiger partial charge in [0.2, 0.25) is 0 Å². The molecule has 1 aliphatic rings. The maximum Gasteiger partial charge on any atom is 0.140 e. The van der Waals surface area contributed by atoms with Gasteiger partial charge in [0.15, 0.2) is 0 Å². The first-order valence-corrected chi connectivity index (χ1v) is 13.8. The summed E-state index contributed by atoms with van der Waals surface area (Å²) >= 11 is 0. The Bertz CT molecular complexity index is 2000. The van der Waals surface area contributed by atoms with E-state index in [9.17, 15) is 0 Å². The molecule has 190 valence electrons. The molecule has 1 N–H and O–H groups in total. The number of rotatable bonds is 3. The minimum Gasteiger partial charge on any atom is -0.456 e. The molecule has 1 aromatic heterocycles. The lowest BCUT2D eigenvalue weighted by Gasteiger charge is -2.42. The van der Waals surface area contributed by atoms with Gasteiger partial charge in [-0.1, -0.05) is 121 Å². The maximum absolute atomic E-state index is 6.72. The number of aryl methyl sites for hydroxylation is 1. The number of para-hydroxylation sites is 4. The third kappa shape index (κ3) is 3.17. The number of furan rings is 1. The van der Waals surface area contributed by atoms with Gasteiger partial charge in [-0.05, 0) is 58.5 Å². The molecule has 0 spiro atoms. The van der Waals surface area contributed by atoms with Gasteiger partial charge in [0.25, 0.3) is 0 Å². The van der Waals surface area contributed by atoms with E-state index in [1.54, 1.807) is 0 Å². The van der Waals surface area contributed by atoms with Crippen LogP contribution in [-0.2, 0) is 5.41 Å². The molecule has 7 aromatic rings. The van der Waals surface area contributed by atoms with Crippen molar-refractivity contribution in [3.63, 3.8) is 0 Å². The molecule has 8 rings (SSSR count). The fourth-order valence-corrected chi connectivity index (χ4v) is 6.77. The quantitative estimate of drug-likeness (QED) is 0.254. The van der Waals surface area contributed by atoms with Crippen LogP contribution in [-0.4, -0.2) is 0 Å². The predicted molar refractivity (Wildman–Crippen MR) is 165 cm³/mol. The minimum atomic E-state index is -0.591. The van der Waals surface area contributed by atoms with Gasteiger partial charge < -0.3 is 9.73 Å². The van der Waals surface area contributed by atoms with Crippen LogP contribution in [0.25, 0.3) is 33.1 Å². The lowest BCUT2D eigenvalue weighted by Crippen LogP contribution is -2.35. The van der Waals surface area contributed by atoms with Crippen LogP contribution in [0.5, 0.6) is 0 Å². The summed E-state index contributed by atoms with van der Waals surface area (Å²) in [6, 6.07) is 50.0. The van der Waals surface area contributed by atoms with Crippen molar-refractivity contribution in [1.29, 1.82) is 0 Å². The van der Waals surface area contributed by atoms with E-state index >= 15 is 0 Å². The van der Waals surface area contributed by atoms with E-state index < -0.39 is 5.41 Å². The summed E-state index contributed by atoms with van der Waals surface area (Å²) in [6.45, 7) is 2.22. The molecule has 6 aromatic carbocycles. The smallest absolute Gasteiger partial charge is 0.140 e. The van der Waals surface area contributed by atoms with Crippen LogP contribution in [0.4, 0.5) is 11.4 Å². The van der Waals surface area contributed by atoms with Crippen molar-refractivity contribution in [2.45, 2.75) is 12.3 Å². The third-order valence-corrected chi connectivity index (χ3v) is 8.48. The van der Waals surface area contributed by atoms with Crippen molar-refractivity contribution in [3.8, 4) is 11.1 Å². The van der Waals surface area contributed by atoms with Crippen LogP contribution < -0.4 is 5.32 Å². The number of nitrogens with one attached hydrogen (secondary N) is 1. The highest BCUT2D eigenvalue weighted by Crippen LogP contribution is 2.55. The van der Waals surface area contributed by atoms with Crippen molar-refractivity contribution in [3.05, 3.63) is 167 Å². The average molecular weight is 514 g/mol. The van der Waals surface area contributed by atoms with Crippen molar-refractivity contribution in [2.24, 2.45) is 0 Å². The summed E-state index contributed by atoms with van der Waals surface area (Å²) in [6.07, 6.45) is 0. The zero-order valence-corrected chi connectivity index (χ0v) is 22.2. The normalized spacial score (nSPS) is 13.5. The Balaban J connectivity index is 1.52. The summed E-state index contributed by atoms with van der Waals surface area (Å²) in [5, 5.41) is 6.01. The Hall–Kier alpha value is -5.08. The van der Waals surface area contributed by atoms with Crippen molar-refractivity contribution in [1.82, 2.24) is 0 Å². The Morgan fingerprint density at radius 3 is 1.93 bits per heavy atom. The molecule has 0 fully saturated rings. The molecule has 2 heteroatoms. The standard InChI is InChI=1S/C38H27NO/c1-25-24-27(22-23-28(25)26-12-3-2-4-13-26)38(31-16-6-8-19-34(31)39-35-20-9-7-17-32(35)38)33-18-11-15-30-29-14-5-10-21-36(29)40-37(30)33/h2-24,39H,1H3. The molecule has 0 saturated heterocycles. The van der Waals surface area contributed by atoms with E-state index in [0.29, 0.717) is 0 Å². The largest absolute Gasteiger partial charge is 0.456 e. The molecule has 1 aliphatic heterocycles. The van der Waals surface area contributed by atoms with Gasteiger partial charge in [-0.3, -0.25) is 0 Å². The summed E-state index contributed by atoms with van der Waals surface area (Å²) in [5.74, 6) is 0. The van der Waals surface area contributed by atoms with Crippen LogP contribution in [0.1, 0.15) is 27.8 Å². The molecule has 0 aliphatic carbocycles. The predicted octanol–water partition coefficient (Wildman–Crippen LogP) is 10.0. The molecule has 2 nitrogen and oxygen atoms in total. The van der Waals surface area contributed by atoms with Gasteiger partial charge in [0.1, 0.15) is 11.2 Å². The molecule has 0 amide bonds. The maximum atomic E-state index is 6.72. The monoisotopic (exact) mass is 513 g/mol. The number of anilines is 2. The minimum absolute atomic E-state index is 0.591. The molecule has 40 heavy (non-hydrogen) atoms. The highest BCUT2D eigenvalue weighted by molar-refractivity contribution is 6.07. The van der Waals surface area contributed by atoms with E-state index in [-0.39, 0.29) is 0 Å². The topological polar surface area (TPSA) is 25.2 Å². The van der Waals surface area contributed by atoms with Crippen LogP contribution in [0, 0.1) is 6.92 Å². The highest BCUT2D eigenvalue weighted by atomic mass is 16.3. The summed E-state index contributed by atoms with van der Waals surface area (Å²) in [4.78, 5) is 0. The van der Waals surface area contributed by atoms with Crippen LogP contribution in [0.3, 0.4) is 0 Å². The van der Waals surface area contributed by atoms with Crippen molar-refractivity contribution >= 4 is 33.3 Å². The van der Waals surface area contributed by atoms with Crippen LogP contribution >= 0.6 is 0 Å². The molecular weight excluding hydrogens is 486 g/mol. The van der Waals surface area contributed by atoms with E-state index in [1.165, 1.54) is 33.4 Å². The fraction of sp³-hybridized carbons (Fsp3) is 0.0526. The Labute approximate surface area is 233 Å². The van der Waals surface area contributed by atoms with Gasteiger partial charge in [-0.15, -0.1) is 0 Å². The van der Waals surface area contributed by atoms with Gasteiger partial charge >= 0.3 is 0 Å². The van der Waals surface area contributed by atoms with E-state index in [2.05, 4.69) is 146 Å². The number of hydrogen-bond acceptors (Lipinski definition) is 2. The Morgan fingerprint density at radius 2 is 1.18 bits per heavy atom. The molecule has 0 radical (unpaired) electrons. The SMILES string of the molecule is Cc1cc(C2(c3cccc4c3oc3ccccc34)c3ccccc3Nc3ccccc32)ccc1-c1ccccc1. The molecule has 0 unspecified atom stereocenters. The number of hydrogen-bond donors (Lipinski definition) is 1. The second kappa shape index (κ2) is 8.72. The zero-order valence-electron chi connectivity index (χ0n) is 22.2. The molecule has 0 bridgehead atoms. The van der Waals surface area contributed by atoms with Crippen LogP contribution in [0.2, 0.25) is 0 Å². The zero-order chi connectivity index (χ0) is 26.7. The Kier molecular flexibility index (Phi) is 4.99. The Morgan fingerprint density at radius 1 is 0.550 bits per heavy atom. The molecular formula is C38H27NO. The lowest BCUT2D eigenvalue weighted by molar-refractivity contribution is 0.644. The molecule has 0 atom stereocenters. The summed E-state index contributed by atoms with van der Waals surface area (Å²) < 4.78 is 6.72. The first-order chi connectivity index (χ1) is 19.7.